The Morgan fingerprint density at radius 3 is 2.15 bits per heavy atom. The Hall–Kier alpha value is -3.58. The standard InChI is InChI=1S/C24H33F2N3O4.C4H4O4/c1-15(2)33-22-5-4-16(25)12-20(22)28-10-8-27(9-11-28)6-3-7-29-23(31)17-13-19(26)21(30)14-18(17)24(29)32;5-3(6)1-2-4(7)8/h4-5,12,15,17-19,21,30H,3,6-11,13-14H2,1-2H3;1-2H,(H,5,6)(H,7,8). The minimum absolute atomic E-state index is 0.00519. The maximum atomic E-state index is 13.9. The highest BCUT2D eigenvalue weighted by Gasteiger charge is 2.52. The topological polar surface area (TPSA) is 148 Å². The smallest absolute Gasteiger partial charge is 0.328 e. The van der Waals surface area contributed by atoms with E-state index in [2.05, 4.69) is 9.80 Å². The summed E-state index contributed by atoms with van der Waals surface area (Å²) in [6.45, 7) is 7.92. The van der Waals surface area contributed by atoms with E-state index in [9.17, 15) is 33.1 Å². The first-order valence-corrected chi connectivity index (χ1v) is 13.6. The number of amides is 2. The highest BCUT2D eigenvalue weighted by molar-refractivity contribution is 6.05. The van der Waals surface area contributed by atoms with Gasteiger partial charge in [0.2, 0.25) is 11.8 Å². The summed E-state index contributed by atoms with van der Waals surface area (Å²) in [6, 6.07) is 4.59. The molecule has 4 unspecified atom stereocenters. The third-order valence-electron chi connectivity index (χ3n) is 7.27. The van der Waals surface area contributed by atoms with Crippen LogP contribution in [0.5, 0.6) is 5.75 Å². The summed E-state index contributed by atoms with van der Waals surface area (Å²) in [6.07, 6.45) is -0.901. The third-order valence-corrected chi connectivity index (χ3v) is 7.27. The number of aliphatic carboxylic acids is 2. The molecular formula is C28H37F2N3O8. The van der Waals surface area contributed by atoms with Crippen LogP contribution in [-0.2, 0) is 19.2 Å². The number of alkyl halides is 1. The lowest BCUT2D eigenvalue weighted by Crippen LogP contribution is -2.47. The van der Waals surface area contributed by atoms with Crippen LogP contribution in [0.2, 0.25) is 0 Å². The van der Waals surface area contributed by atoms with E-state index < -0.39 is 36.1 Å². The highest BCUT2D eigenvalue weighted by Crippen LogP contribution is 2.39. The number of ether oxygens (including phenoxy) is 1. The van der Waals surface area contributed by atoms with Gasteiger partial charge in [-0.2, -0.15) is 0 Å². The normalized spacial score (nSPS) is 24.8. The molecule has 1 aliphatic carbocycles. The van der Waals surface area contributed by atoms with Crippen molar-refractivity contribution < 1.29 is 48.0 Å². The summed E-state index contributed by atoms with van der Waals surface area (Å²) in [5.41, 5.74) is 0.757. The first kappa shape index (κ1) is 31.9. The number of carboxylic acid groups (broad SMARTS) is 2. The fourth-order valence-corrected chi connectivity index (χ4v) is 5.31. The number of carbonyl (C=O) groups is 4. The average Bonchev–Trinajstić information content (AvgIpc) is 3.13. The second-order valence-corrected chi connectivity index (χ2v) is 10.6. The molecule has 1 saturated carbocycles. The van der Waals surface area contributed by atoms with E-state index in [0.29, 0.717) is 30.9 Å². The number of carboxylic acids is 2. The predicted molar refractivity (Wildman–Crippen MR) is 144 cm³/mol. The van der Waals surface area contributed by atoms with Gasteiger partial charge in [0.05, 0.1) is 29.7 Å². The van der Waals surface area contributed by atoms with Crippen LogP contribution >= 0.6 is 0 Å². The van der Waals surface area contributed by atoms with Crippen LogP contribution < -0.4 is 9.64 Å². The number of hydrogen-bond donors (Lipinski definition) is 3. The molecule has 4 rings (SSSR count). The van der Waals surface area contributed by atoms with E-state index in [1.54, 1.807) is 6.07 Å². The summed E-state index contributed by atoms with van der Waals surface area (Å²) in [7, 11) is 0. The number of aliphatic hydroxyl groups is 1. The highest BCUT2D eigenvalue weighted by atomic mass is 19.1. The first-order valence-electron chi connectivity index (χ1n) is 13.6. The number of halogens is 2. The third kappa shape index (κ3) is 8.70. The minimum Gasteiger partial charge on any atom is -0.489 e. The molecule has 0 bridgehead atoms. The van der Waals surface area contributed by atoms with Crippen molar-refractivity contribution in [2.24, 2.45) is 11.8 Å². The zero-order chi connectivity index (χ0) is 30.3. The number of anilines is 1. The van der Waals surface area contributed by atoms with Crippen LogP contribution in [0.25, 0.3) is 0 Å². The van der Waals surface area contributed by atoms with Gasteiger partial charge in [-0.1, -0.05) is 0 Å². The van der Waals surface area contributed by atoms with Crippen molar-refractivity contribution in [2.45, 2.75) is 51.5 Å². The zero-order valence-electron chi connectivity index (χ0n) is 23.1. The fraction of sp³-hybridized carbons (Fsp3) is 0.571. The lowest BCUT2D eigenvalue weighted by Gasteiger charge is -2.37. The van der Waals surface area contributed by atoms with Crippen molar-refractivity contribution in [3.8, 4) is 5.75 Å². The quantitative estimate of drug-likeness (QED) is 0.292. The molecule has 3 N–H and O–H groups in total. The Kier molecular flexibility index (Phi) is 11.2. The number of piperazine rings is 1. The van der Waals surface area contributed by atoms with Gasteiger partial charge in [0.15, 0.2) is 0 Å². The number of nitrogens with zero attached hydrogens (tertiary/aromatic N) is 3. The Morgan fingerprint density at radius 2 is 1.59 bits per heavy atom. The van der Waals surface area contributed by atoms with Crippen molar-refractivity contribution in [3.05, 3.63) is 36.2 Å². The number of fused-ring (bicyclic) bond motifs is 1. The van der Waals surface area contributed by atoms with Crippen LogP contribution in [0.4, 0.5) is 14.5 Å². The predicted octanol–water partition coefficient (Wildman–Crippen LogP) is 1.93. The molecule has 0 radical (unpaired) electrons. The molecule has 11 nitrogen and oxygen atoms in total. The largest absolute Gasteiger partial charge is 0.489 e. The number of rotatable bonds is 9. The summed E-state index contributed by atoms with van der Waals surface area (Å²) in [5, 5.41) is 25.4. The molecule has 13 heteroatoms. The second-order valence-electron chi connectivity index (χ2n) is 10.6. The minimum atomic E-state index is -1.44. The SMILES string of the molecule is CC(C)Oc1ccc(F)cc1N1CCN(CCCN2C(=O)C3CC(O)C(F)CC3C2=O)CC1.O=C(O)C=CC(=O)O. The van der Waals surface area contributed by atoms with Crippen molar-refractivity contribution in [3.63, 3.8) is 0 Å². The van der Waals surface area contributed by atoms with Gasteiger partial charge in [0.25, 0.3) is 0 Å². The zero-order valence-corrected chi connectivity index (χ0v) is 23.1. The van der Waals surface area contributed by atoms with Gasteiger partial charge in [-0.25, -0.2) is 18.4 Å². The maximum absolute atomic E-state index is 13.9. The van der Waals surface area contributed by atoms with E-state index in [-0.39, 0.29) is 36.6 Å². The van der Waals surface area contributed by atoms with Gasteiger partial charge in [0, 0.05) is 50.9 Å². The van der Waals surface area contributed by atoms with E-state index in [4.69, 9.17) is 14.9 Å². The van der Waals surface area contributed by atoms with Gasteiger partial charge >= 0.3 is 11.9 Å². The molecule has 1 aromatic carbocycles. The number of likely N-dealkylation sites (tertiary alicyclic amines) is 1. The van der Waals surface area contributed by atoms with Crippen LogP contribution in [-0.4, -0.2) is 107 Å². The summed E-state index contributed by atoms with van der Waals surface area (Å²) in [4.78, 5) is 50.0. The molecule has 2 saturated heterocycles. The van der Waals surface area contributed by atoms with Gasteiger partial charge in [0.1, 0.15) is 17.7 Å². The molecule has 1 aromatic rings. The number of imide groups is 1. The molecule has 41 heavy (non-hydrogen) atoms. The second kappa shape index (κ2) is 14.4. The Balaban J connectivity index is 0.000000507. The lowest BCUT2D eigenvalue weighted by molar-refractivity contribution is -0.140. The van der Waals surface area contributed by atoms with E-state index in [1.807, 2.05) is 13.8 Å². The van der Waals surface area contributed by atoms with E-state index in [1.165, 1.54) is 17.0 Å². The Bertz CT molecular complexity index is 1100. The molecule has 2 aliphatic heterocycles. The monoisotopic (exact) mass is 581 g/mol. The van der Waals surface area contributed by atoms with Gasteiger partial charge in [-0.3, -0.25) is 19.4 Å². The number of carbonyl (C=O) groups excluding carboxylic acids is 2. The lowest BCUT2D eigenvalue weighted by atomic mass is 9.78. The van der Waals surface area contributed by atoms with Gasteiger partial charge in [-0.15, -0.1) is 0 Å². The first-order chi connectivity index (χ1) is 19.4. The van der Waals surface area contributed by atoms with Crippen LogP contribution in [0.3, 0.4) is 0 Å². The molecule has 3 aliphatic rings. The fourth-order valence-electron chi connectivity index (χ4n) is 5.31. The summed E-state index contributed by atoms with van der Waals surface area (Å²) >= 11 is 0. The summed E-state index contributed by atoms with van der Waals surface area (Å²) < 4.78 is 33.5. The van der Waals surface area contributed by atoms with Crippen LogP contribution in [0.15, 0.2) is 30.4 Å². The Labute approximate surface area is 237 Å². The molecule has 0 aromatic heterocycles. The molecular weight excluding hydrogens is 544 g/mol. The number of aliphatic hydroxyl groups excluding tert-OH is 1. The van der Waals surface area contributed by atoms with Crippen molar-refractivity contribution in [1.29, 1.82) is 0 Å². The number of hydrogen-bond acceptors (Lipinski definition) is 8. The maximum Gasteiger partial charge on any atom is 0.328 e. The summed E-state index contributed by atoms with van der Waals surface area (Å²) in [5.74, 6) is -3.93. The average molecular weight is 582 g/mol. The van der Waals surface area contributed by atoms with Crippen LogP contribution in [0.1, 0.15) is 33.1 Å². The van der Waals surface area contributed by atoms with Crippen LogP contribution in [0, 0.1) is 17.7 Å². The molecule has 2 heterocycles. The van der Waals surface area contributed by atoms with Gasteiger partial charge < -0.3 is 25.0 Å². The van der Waals surface area contributed by atoms with E-state index >= 15 is 0 Å². The molecule has 0 spiro atoms. The molecule has 226 valence electrons. The van der Waals surface area contributed by atoms with Crippen molar-refractivity contribution in [1.82, 2.24) is 9.80 Å². The molecule has 3 fully saturated rings. The van der Waals surface area contributed by atoms with E-state index in [0.717, 1.165) is 38.4 Å². The molecule has 4 atom stereocenters. The Morgan fingerprint density at radius 1 is 1.00 bits per heavy atom. The van der Waals surface area contributed by atoms with Gasteiger partial charge in [-0.05, 0) is 51.8 Å². The van der Waals surface area contributed by atoms with Crippen molar-refractivity contribution >= 4 is 29.4 Å². The van der Waals surface area contributed by atoms with Crippen molar-refractivity contribution in [2.75, 3.05) is 44.2 Å². The number of benzene rings is 1. The molecule has 2 amide bonds.